The molecule has 5 nitrogen and oxygen atoms in total. The number of thiocarbonyl (C=S) groups is 1. The number of hydrogen-bond donors (Lipinski definition) is 0. The van der Waals surface area contributed by atoms with Gasteiger partial charge >= 0.3 is 0 Å². The van der Waals surface area contributed by atoms with Crippen LogP contribution in [0.1, 0.15) is 50.2 Å². The number of rotatable bonds is 7. The Labute approximate surface area is 225 Å². The lowest BCUT2D eigenvalue weighted by molar-refractivity contribution is -0.124. The molecule has 2 aromatic carbocycles. The number of carbonyl (C=O) groups is 1. The largest absolute Gasteiger partial charge is 0.490 e. The third kappa shape index (κ3) is 5.52. The molecular weight excluding hydrogens is 583 g/mol. The minimum Gasteiger partial charge on any atom is -0.490 e. The Hall–Kier alpha value is -1.84. The molecule has 1 saturated heterocycles. The number of halogens is 2. The highest BCUT2D eigenvalue weighted by Crippen LogP contribution is 2.37. The zero-order chi connectivity index (χ0) is 24.2. The molecule has 2 fully saturated rings. The monoisotopic (exact) mass is 610 g/mol. The standard InChI is InChI=1S/C26H28ClIN2O3S/c1-3-32-23-15-18(13-21(28)24(23)33-16-17-8-7-9-19(27)12-17)14-22-25(31)30(26(34)29(22)2)20-10-5-4-6-11-20/h7-9,12-15,20H,3-6,10-11,16H2,1-2H3/b22-14-. The molecule has 34 heavy (non-hydrogen) atoms. The molecule has 0 N–H and O–H groups in total. The Bertz CT molecular complexity index is 1120. The minimum absolute atomic E-state index is 0.0198. The van der Waals surface area contributed by atoms with Crippen LogP contribution in [0.25, 0.3) is 6.08 Å². The van der Waals surface area contributed by atoms with Crippen molar-refractivity contribution in [3.8, 4) is 11.5 Å². The van der Waals surface area contributed by atoms with E-state index in [0.717, 1.165) is 40.4 Å². The van der Waals surface area contributed by atoms with E-state index in [1.807, 2.05) is 66.2 Å². The summed E-state index contributed by atoms with van der Waals surface area (Å²) in [6, 6.07) is 11.7. The van der Waals surface area contributed by atoms with Crippen LogP contribution in [-0.4, -0.2) is 40.5 Å². The first kappa shape index (κ1) is 25.3. The van der Waals surface area contributed by atoms with Crippen LogP contribution >= 0.6 is 46.4 Å². The van der Waals surface area contributed by atoms with E-state index < -0.39 is 0 Å². The predicted molar refractivity (Wildman–Crippen MR) is 148 cm³/mol. The van der Waals surface area contributed by atoms with Gasteiger partial charge in [0.1, 0.15) is 12.3 Å². The average molecular weight is 611 g/mol. The third-order valence-corrected chi connectivity index (χ3v) is 7.65. The fourth-order valence-corrected chi connectivity index (χ4v) is 5.78. The molecule has 0 radical (unpaired) electrons. The van der Waals surface area contributed by atoms with Gasteiger partial charge in [-0.25, -0.2) is 0 Å². The lowest BCUT2D eigenvalue weighted by atomic mass is 9.94. The molecule has 2 aliphatic rings. The summed E-state index contributed by atoms with van der Waals surface area (Å²) < 4.78 is 12.9. The van der Waals surface area contributed by atoms with Crippen LogP contribution in [0.15, 0.2) is 42.1 Å². The van der Waals surface area contributed by atoms with Crippen molar-refractivity contribution in [3.63, 3.8) is 0 Å². The van der Waals surface area contributed by atoms with Gasteiger partial charge in [0, 0.05) is 18.1 Å². The first-order chi connectivity index (χ1) is 16.4. The molecular formula is C26H28ClIN2O3S. The Morgan fingerprint density at radius 3 is 2.65 bits per heavy atom. The van der Waals surface area contributed by atoms with Crippen molar-refractivity contribution in [2.75, 3.05) is 13.7 Å². The number of carbonyl (C=O) groups excluding carboxylic acids is 1. The van der Waals surface area contributed by atoms with Gasteiger partial charge in [-0.2, -0.15) is 0 Å². The van der Waals surface area contributed by atoms with Crippen molar-refractivity contribution >= 4 is 63.5 Å². The summed E-state index contributed by atoms with van der Waals surface area (Å²) in [6.07, 6.45) is 7.44. The van der Waals surface area contributed by atoms with Gasteiger partial charge in [0.05, 0.1) is 10.2 Å². The van der Waals surface area contributed by atoms with Gasteiger partial charge in [-0.15, -0.1) is 0 Å². The van der Waals surface area contributed by atoms with E-state index in [1.54, 1.807) is 0 Å². The van der Waals surface area contributed by atoms with Crippen LogP contribution in [0.3, 0.4) is 0 Å². The second-order valence-electron chi connectivity index (χ2n) is 8.52. The average Bonchev–Trinajstić information content (AvgIpc) is 3.02. The molecule has 0 spiro atoms. The molecule has 0 atom stereocenters. The maximum Gasteiger partial charge on any atom is 0.277 e. The summed E-state index contributed by atoms with van der Waals surface area (Å²) in [4.78, 5) is 17.0. The molecule has 4 rings (SSSR count). The van der Waals surface area contributed by atoms with Crippen LogP contribution in [0.4, 0.5) is 0 Å². The number of ether oxygens (including phenoxy) is 2. The van der Waals surface area contributed by atoms with Crippen molar-refractivity contribution in [2.45, 2.75) is 51.7 Å². The normalized spacial score (nSPS) is 18.2. The molecule has 0 aromatic heterocycles. The lowest BCUT2D eigenvalue weighted by Crippen LogP contribution is -2.41. The quantitative estimate of drug-likeness (QED) is 0.199. The van der Waals surface area contributed by atoms with Crippen LogP contribution < -0.4 is 9.47 Å². The van der Waals surface area contributed by atoms with Gasteiger partial charge < -0.3 is 14.4 Å². The molecule has 0 bridgehead atoms. The SMILES string of the molecule is CCOc1cc(/C=C2/C(=O)N(C3CCCCC3)C(=S)N2C)cc(I)c1OCc1cccc(Cl)c1. The predicted octanol–water partition coefficient (Wildman–Crippen LogP) is 6.65. The van der Waals surface area contributed by atoms with E-state index in [0.29, 0.717) is 40.5 Å². The van der Waals surface area contributed by atoms with E-state index in [4.69, 9.17) is 33.3 Å². The molecule has 1 amide bonds. The van der Waals surface area contributed by atoms with Gasteiger partial charge in [0.25, 0.3) is 5.91 Å². The maximum atomic E-state index is 13.3. The summed E-state index contributed by atoms with van der Waals surface area (Å²) in [6.45, 7) is 2.82. The second kappa shape index (κ2) is 11.3. The number of benzene rings is 2. The molecule has 2 aromatic rings. The number of likely N-dealkylation sites (N-methyl/N-ethyl adjacent to an activating group) is 1. The molecule has 1 saturated carbocycles. The zero-order valence-electron chi connectivity index (χ0n) is 19.4. The van der Waals surface area contributed by atoms with E-state index in [1.165, 1.54) is 6.42 Å². The second-order valence-corrected chi connectivity index (χ2v) is 10.5. The van der Waals surface area contributed by atoms with Gasteiger partial charge in [0.15, 0.2) is 16.6 Å². The van der Waals surface area contributed by atoms with E-state index in [-0.39, 0.29) is 11.9 Å². The summed E-state index contributed by atoms with van der Waals surface area (Å²) >= 11 is 14.0. The van der Waals surface area contributed by atoms with Crippen molar-refractivity contribution in [2.24, 2.45) is 0 Å². The van der Waals surface area contributed by atoms with Gasteiger partial charge in [-0.05, 0) is 96.0 Å². The van der Waals surface area contributed by atoms with E-state index in [9.17, 15) is 4.79 Å². The third-order valence-electron chi connectivity index (χ3n) is 6.14. The molecule has 0 unspecified atom stereocenters. The van der Waals surface area contributed by atoms with Gasteiger partial charge in [-0.1, -0.05) is 43.0 Å². The number of nitrogens with zero attached hydrogens (tertiary/aromatic N) is 2. The molecule has 8 heteroatoms. The lowest BCUT2D eigenvalue weighted by Gasteiger charge is -2.30. The minimum atomic E-state index is -0.0198. The Morgan fingerprint density at radius 2 is 1.94 bits per heavy atom. The smallest absolute Gasteiger partial charge is 0.277 e. The van der Waals surface area contributed by atoms with Crippen molar-refractivity contribution in [1.29, 1.82) is 0 Å². The van der Waals surface area contributed by atoms with Crippen molar-refractivity contribution in [1.82, 2.24) is 9.80 Å². The Morgan fingerprint density at radius 1 is 1.18 bits per heavy atom. The van der Waals surface area contributed by atoms with E-state index >= 15 is 0 Å². The Kier molecular flexibility index (Phi) is 8.37. The maximum absolute atomic E-state index is 13.3. The van der Waals surface area contributed by atoms with E-state index in [2.05, 4.69) is 22.6 Å². The molecule has 1 aliphatic carbocycles. The molecule has 180 valence electrons. The molecule has 1 heterocycles. The summed E-state index contributed by atoms with van der Waals surface area (Å²) in [5, 5.41) is 1.26. The highest BCUT2D eigenvalue weighted by Gasteiger charge is 2.40. The first-order valence-electron chi connectivity index (χ1n) is 11.6. The number of hydrogen-bond acceptors (Lipinski definition) is 4. The first-order valence-corrected chi connectivity index (χ1v) is 13.4. The van der Waals surface area contributed by atoms with Gasteiger partial charge in [-0.3, -0.25) is 9.69 Å². The number of amides is 1. The zero-order valence-corrected chi connectivity index (χ0v) is 23.1. The highest BCUT2D eigenvalue weighted by molar-refractivity contribution is 14.1. The van der Waals surface area contributed by atoms with Crippen LogP contribution in [0, 0.1) is 3.57 Å². The van der Waals surface area contributed by atoms with Gasteiger partial charge in [0.2, 0.25) is 0 Å². The topological polar surface area (TPSA) is 42.0 Å². The summed E-state index contributed by atoms with van der Waals surface area (Å²) in [5.74, 6) is 1.30. The van der Waals surface area contributed by atoms with Crippen LogP contribution in [0.5, 0.6) is 11.5 Å². The fourth-order valence-electron chi connectivity index (χ4n) is 4.45. The Balaban J connectivity index is 1.60. The van der Waals surface area contributed by atoms with Crippen molar-refractivity contribution < 1.29 is 14.3 Å². The van der Waals surface area contributed by atoms with Crippen molar-refractivity contribution in [3.05, 3.63) is 61.8 Å². The van der Waals surface area contributed by atoms with Crippen LogP contribution in [-0.2, 0) is 11.4 Å². The van der Waals surface area contributed by atoms with Crippen LogP contribution in [0.2, 0.25) is 5.02 Å². The summed E-state index contributed by atoms with van der Waals surface area (Å²) in [7, 11) is 1.87. The summed E-state index contributed by atoms with van der Waals surface area (Å²) in [5.41, 5.74) is 2.43. The highest BCUT2D eigenvalue weighted by atomic mass is 127. The molecule has 1 aliphatic heterocycles. The fraction of sp³-hybridized carbons (Fsp3) is 0.385.